The first-order valence-electron chi connectivity index (χ1n) is 6.86. The molecule has 0 fully saturated rings. The maximum atomic E-state index is 11.5. The monoisotopic (exact) mass is 312 g/mol. The van der Waals surface area contributed by atoms with Crippen LogP contribution >= 0.6 is 0 Å². The number of nitrogens with zero attached hydrogens (tertiary/aromatic N) is 2. The Balaban J connectivity index is 2.08. The lowest BCUT2D eigenvalue weighted by Crippen LogP contribution is -2.01. The van der Waals surface area contributed by atoms with Crippen molar-refractivity contribution in [1.82, 2.24) is 9.55 Å². The van der Waals surface area contributed by atoms with Gasteiger partial charge in [-0.2, -0.15) is 0 Å². The van der Waals surface area contributed by atoms with Gasteiger partial charge >= 0.3 is 0 Å². The van der Waals surface area contributed by atoms with E-state index in [0.29, 0.717) is 4.90 Å². The molecule has 0 aliphatic heterocycles. The summed E-state index contributed by atoms with van der Waals surface area (Å²) in [6.45, 7) is 2.01. The number of hydrogen-bond acceptors (Lipinski definition) is 3. The first-order valence-corrected chi connectivity index (χ1v) is 8.76. The summed E-state index contributed by atoms with van der Waals surface area (Å²) in [5, 5.41) is 0. The third-order valence-corrected chi connectivity index (χ3v) is 4.67. The van der Waals surface area contributed by atoms with Crippen molar-refractivity contribution >= 4 is 9.84 Å². The van der Waals surface area contributed by atoms with Gasteiger partial charge in [0, 0.05) is 18.6 Å². The standard InChI is InChI=1S/C17H16N2O2S/c1-13-5-3-11-18-17(13)19-12-4-6-16(19)14-7-9-15(10-8-14)22(2,20)21/h3-12H,1-2H3. The summed E-state index contributed by atoms with van der Waals surface area (Å²) in [6.07, 6.45) is 4.93. The van der Waals surface area contributed by atoms with Crippen molar-refractivity contribution in [2.45, 2.75) is 11.8 Å². The van der Waals surface area contributed by atoms with E-state index in [1.165, 1.54) is 6.26 Å². The predicted octanol–water partition coefficient (Wildman–Crippen LogP) is 3.25. The molecule has 0 N–H and O–H groups in total. The molecule has 22 heavy (non-hydrogen) atoms. The number of hydrogen-bond donors (Lipinski definition) is 0. The van der Waals surface area contributed by atoms with Crippen LogP contribution in [-0.2, 0) is 9.84 Å². The number of sulfone groups is 1. The minimum absolute atomic E-state index is 0.323. The van der Waals surface area contributed by atoms with Gasteiger partial charge in [-0.15, -0.1) is 0 Å². The quantitative estimate of drug-likeness (QED) is 0.746. The molecular weight excluding hydrogens is 296 g/mol. The van der Waals surface area contributed by atoms with Gasteiger partial charge in [0.2, 0.25) is 0 Å². The van der Waals surface area contributed by atoms with Gasteiger partial charge in [0.15, 0.2) is 9.84 Å². The van der Waals surface area contributed by atoms with E-state index in [2.05, 4.69) is 4.98 Å². The summed E-state index contributed by atoms with van der Waals surface area (Å²) >= 11 is 0. The van der Waals surface area contributed by atoms with Gasteiger partial charge in [0.1, 0.15) is 5.82 Å². The Labute approximate surface area is 130 Å². The second kappa shape index (κ2) is 5.42. The Morgan fingerprint density at radius 2 is 1.73 bits per heavy atom. The minimum atomic E-state index is -3.18. The lowest BCUT2D eigenvalue weighted by Gasteiger charge is -2.11. The molecule has 0 bridgehead atoms. The van der Waals surface area contributed by atoms with E-state index < -0.39 is 9.84 Å². The van der Waals surface area contributed by atoms with E-state index in [0.717, 1.165) is 22.6 Å². The topological polar surface area (TPSA) is 52.0 Å². The summed E-state index contributed by atoms with van der Waals surface area (Å²) in [5.74, 6) is 0.870. The Morgan fingerprint density at radius 3 is 2.36 bits per heavy atom. The molecule has 0 saturated heterocycles. The Morgan fingerprint density at radius 1 is 1.00 bits per heavy atom. The molecule has 4 nitrogen and oxygen atoms in total. The number of rotatable bonds is 3. The number of aromatic nitrogens is 2. The van der Waals surface area contributed by atoms with Crippen molar-refractivity contribution in [3.8, 4) is 17.1 Å². The minimum Gasteiger partial charge on any atom is -0.301 e. The van der Waals surface area contributed by atoms with Crippen molar-refractivity contribution in [2.24, 2.45) is 0 Å². The molecule has 3 aromatic rings. The first-order chi connectivity index (χ1) is 10.5. The van der Waals surface area contributed by atoms with E-state index in [9.17, 15) is 8.42 Å². The first kappa shape index (κ1) is 14.5. The summed E-state index contributed by atoms with van der Waals surface area (Å²) in [5.41, 5.74) is 3.00. The fourth-order valence-corrected chi connectivity index (χ4v) is 3.03. The zero-order chi connectivity index (χ0) is 15.7. The zero-order valence-corrected chi connectivity index (χ0v) is 13.2. The van der Waals surface area contributed by atoms with E-state index in [4.69, 9.17) is 0 Å². The largest absolute Gasteiger partial charge is 0.301 e. The molecule has 0 saturated carbocycles. The smallest absolute Gasteiger partial charge is 0.175 e. The highest BCUT2D eigenvalue weighted by atomic mass is 32.2. The number of aryl methyl sites for hydroxylation is 1. The molecule has 112 valence electrons. The van der Waals surface area contributed by atoms with Crippen LogP contribution in [-0.4, -0.2) is 24.2 Å². The van der Waals surface area contributed by atoms with Crippen molar-refractivity contribution in [3.05, 3.63) is 66.5 Å². The lowest BCUT2D eigenvalue weighted by molar-refractivity contribution is 0.602. The van der Waals surface area contributed by atoms with E-state index in [-0.39, 0.29) is 0 Å². The fourth-order valence-electron chi connectivity index (χ4n) is 2.40. The van der Waals surface area contributed by atoms with E-state index in [1.807, 2.05) is 54.1 Å². The van der Waals surface area contributed by atoms with Crippen LogP contribution in [0.4, 0.5) is 0 Å². The van der Waals surface area contributed by atoms with Gasteiger partial charge in [0.25, 0.3) is 0 Å². The molecule has 0 spiro atoms. The summed E-state index contributed by atoms with van der Waals surface area (Å²) < 4.78 is 25.1. The van der Waals surface area contributed by atoms with Crippen LogP contribution in [0.3, 0.4) is 0 Å². The van der Waals surface area contributed by atoms with Crippen LogP contribution in [0.15, 0.2) is 65.8 Å². The molecule has 0 amide bonds. The Bertz CT molecular complexity index is 910. The average molecular weight is 312 g/mol. The molecule has 0 radical (unpaired) electrons. The average Bonchev–Trinajstić information content (AvgIpc) is 2.96. The van der Waals surface area contributed by atoms with Crippen LogP contribution in [0.25, 0.3) is 17.1 Å². The molecular formula is C17H16N2O2S. The number of pyridine rings is 1. The highest BCUT2D eigenvalue weighted by molar-refractivity contribution is 7.90. The molecule has 3 rings (SSSR count). The van der Waals surface area contributed by atoms with Crippen LogP contribution in [0, 0.1) is 6.92 Å². The van der Waals surface area contributed by atoms with Crippen molar-refractivity contribution in [2.75, 3.05) is 6.26 Å². The van der Waals surface area contributed by atoms with Crippen LogP contribution < -0.4 is 0 Å². The van der Waals surface area contributed by atoms with Crippen LogP contribution in [0.5, 0.6) is 0 Å². The van der Waals surface area contributed by atoms with Crippen LogP contribution in [0.1, 0.15) is 5.56 Å². The van der Waals surface area contributed by atoms with Crippen LogP contribution in [0.2, 0.25) is 0 Å². The normalized spacial score (nSPS) is 11.5. The third-order valence-electron chi connectivity index (χ3n) is 3.54. The second-order valence-corrected chi connectivity index (χ2v) is 7.22. The number of benzene rings is 1. The van der Waals surface area contributed by atoms with Crippen molar-refractivity contribution in [3.63, 3.8) is 0 Å². The maximum absolute atomic E-state index is 11.5. The van der Waals surface area contributed by atoms with E-state index >= 15 is 0 Å². The molecule has 0 aliphatic carbocycles. The summed E-state index contributed by atoms with van der Waals surface area (Å²) in [4.78, 5) is 4.75. The summed E-state index contributed by atoms with van der Waals surface area (Å²) in [6, 6.07) is 14.8. The summed E-state index contributed by atoms with van der Waals surface area (Å²) in [7, 11) is -3.18. The van der Waals surface area contributed by atoms with Gasteiger partial charge in [-0.25, -0.2) is 13.4 Å². The van der Waals surface area contributed by atoms with Gasteiger partial charge < -0.3 is 4.57 Å². The van der Waals surface area contributed by atoms with Gasteiger partial charge in [-0.1, -0.05) is 18.2 Å². The molecule has 0 atom stereocenters. The van der Waals surface area contributed by atoms with Gasteiger partial charge in [0.05, 0.1) is 10.6 Å². The third kappa shape index (κ3) is 2.67. The van der Waals surface area contributed by atoms with E-state index in [1.54, 1.807) is 18.3 Å². The second-order valence-electron chi connectivity index (χ2n) is 5.20. The molecule has 0 aliphatic rings. The predicted molar refractivity (Wildman–Crippen MR) is 86.8 cm³/mol. The maximum Gasteiger partial charge on any atom is 0.175 e. The zero-order valence-electron chi connectivity index (χ0n) is 12.4. The highest BCUT2D eigenvalue weighted by Crippen LogP contribution is 2.25. The lowest BCUT2D eigenvalue weighted by atomic mass is 10.1. The van der Waals surface area contributed by atoms with Crippen molar-refractivity contribution < 1.29 is 8.42 Å². The Kier molecular flexibility index (Phi) is 3.58. The molecule has 2 aromatic heterocycles. The molecule has 2 heterocycles. The fraction of sp³-hybridized carbons (Fsp3) is 0.118. The molecule has 5 heteroatoms. The van der Waals surface area contributed by atoms with Gasteiger partial charge in [-0.3, -0.25) is 0 Å². The molecule has 0 unspecified atom stereocenters. The Hall–Kier alpha value is -2.40. The SMILES string of the molecule is Cc1cccnc1-n1cccc1-c1ccc(S(C)(=O)=O)cc1. The molecule has 1 aromatic carbocycles. The van der Waals surface area contributed by atoms with Crippen molar-refractivity contribution in [1.29, 1.82) is 0 Å². The highest BCUT2D eigenvalue weighted by Gasteiger charge is 2.11. The van der Waals surface area contributed by atoms with Gasteiger partial charge in [-0.05, 0) is 48.4 Å².